The van der Waals surface area contributed by atoms with Crippen molar-refractivity contribution in [1.29, 1.82) is 0 Å². The maximum Gasteiger partial charge on any atom is 0.255 e. The van der Waals surface area contributed by atoms with Gasteiger partial charge < -0.3 is 9.88 Å². The third kappa shape index (κ3) is 3.25. The first-order valence-corrected chi connectivity index (χ1v) is 9.44. The highest BCUT2D eigenvalue weighted by Gasteiger charge is 2.36. The largest absolute Gasteiger partial charge is 0.329 e. The number of aromatic nitrogens is 3. The molecule has 8 nitrogen and oxygen atoms in total. The Morgan fingerprint density at radius 3 is 2.83 bits per heavy atom. The van der Waals surface area contributed by atoms with Crippen LogP contribution >= 0.6 is 0 Å². The van der Waals surface area contributed by atoms with Crippen molar-refractivity contribution in [2.24, 2.45) is 0 Å². The Hall–Kier alpha value is -2.42. The lowest BCUT2D eigenvalue weighted by atomic mass is 10.1. The van der Waals surface area contributed by atoms with Crippen LogP contribution in [0.25, 0.3) is 0 Å². The van der Waals surface area contributed by atoms with Crippen molar-refractivity contribution >= 4 is 15.7 Å². The lowest BCUT2D eigenvalue weighted by Crippen LogP contribution is -2.46. The van der Waals surface area contributed by atoms with E-state index >= 15 is 0 Å². The molecule has 0 aromatic carbocycles. The van der Waals surface area contributed by atoms with Crippen molar-refractivity contribution in [2.45, 2.75) is 19.5 Å². The number of hydrogen-bond acceptors (Lipinski definition) is 5. The van der Waals surface area contributed by atoms with Crippen LogP contribution in [-0.4, -0.2) is 52.0 Å². The molecule has 1 amide bonds. The molecule has 1 N–H and O–H groups in total. The monoisotopic (exact) mass is 350 g/mol. The topological polar surface area (TPSA) is 105 Å². The summed E-state index contributed by atoms with van der Waals surface area (Å²) >= 11 is 0. The van der Waals surface area contributed by atoms with Crippen molar-refractivity contribution in [1.82, 2.24) is 19.7 Å². The molecule has 2 aromatic rings. The average molecular weight is 350 g/mol. The SMILES string of the molecule is CCn1cc(C2CS(=O)(=O)CCN2C(=O)c2ccc(=O)[nH]c2)cn1. The summed E-state index contributed by atoms with van der Waals surface area (Å²) in [7, 11) is -3.22. The number of carbonyl (C=O) groups excluding carboxylic acids is 1. The first-order chi connectivity index (χ1) is 11.4. The van der Waals surface area contributed by atoms with Crippen LogP contribution < -0.4 is 5.56 Å². The van der Waals surface area contributed by atoms with Gasteiger partial charge in [-0.05, 0) is 13.0 Å². The predicted molar refractivity (Wildman–Crippen MR) is 87.4 cm³/mol. The van der Waals surface area contributed by atoms with Crippen LogP contribution in [0.3, 0.4) is 0 Å². The van der Waals surface area contributed by atoms with Gasteiger partial charge in [0.25, 0.3) is 5.91 Å². The molecule has 1 saturated heterocycles. The van der Waals surface area contributed by atoms with Gasteiger partial charge in [-0.3, -0.25) is 14.3 Å². The zero-order valence-electron chi connectivity index (χ0n) is 13.2. The fourth-order valence-electron chi connectivity index (χ4n) is 2.76. The summed E-state index contributed by atoms with van der Waals surface area (Å²) in [6, 6.07) is 2.14. The van der Waals surface area contributed by atoms with E-state index in [9.17, 15) is 18.0 Å². The maximum atomic E-state index is 12.8. The number of amides is 1. The van der Waals surface area contributed by atoms with Crippen molar-refractivity contribution < 1.29 is 13.2 Å². The summed E-state index contributed by atoms with van der Waals surface area (Å²) in [6.07, 6.45) is 4.71. The van der Waals surface area contributed by atoms with Gasteiger partial charge in [-0.25, -0.2) is 8.42 Å². The predicted octanol–water partition coefficient (Wildman–Crippen LogP) is 0.203. The lowest BCUT2D eigenvalue weighted by molar-refractivity contribution is 0.0697. The third-order valence-corrected chi connectivity index (χ3v) is 5.71. The Morgan fingerprint density at radius 1 is 1.42 bits per heavy atom. The number of nitrogens with one attached hydrogen (secondary N) is 1. The van der Waals surface area contributed by atoms with Crippen molar-refractivity contribution in [2.75, 3.05) is 18.1 Å². The minimum absolute atomic E-state index is 0.0689. The van der Waals surface area contributed by atoms with E-state index in [1.54, 1.807) is 17.1 Å². The Morgan fingerprint density at radius 2 is 2.21 bits per heavy atom. The van der Waals surface area contributed by atoms with Crippen molar-refractivity contribution in [3.63, 3.8) is 0 Å². The molecule has 1 atom stereocenters. The normalized spacial score (nSPS) is 20.0. The lowest BCUT2D eigenvalue weighted by Gasteiger charge is -2.35. The molecule has 1 fully saturated rings. The van der Waals surface area contributed by atoms with Gasteiger partial charge in [-0.1, -0.05) is 0 Å². The molecule has 24 heavy (non-hydrogen) atoms. The van der Waals surface area contributed by atoms with E-state index in [1.807, 2.05) is 6.92 Å². The molecule has 1 aliphatic heterocycles. The summed E-state index contributed by atoms with van der Waals surface area (Å²) in [6.45, 7) is 2.70. The molecule has 3 rings (SSSR count). The first kappa shape index (κ1) is 16.4. The van der Waals surface area contributed by atoms with E-state index in [0.29, 0.717) is 17.7 Å². The Labute approximate surface area is 139 Å². The molecule has 0 aliphatic carbocycles. The highest BCUT2D eigenvalue weighted by Crippen LogP contribution is 2.28. The highest BCUT2D eigenvalue weighted by atomic mass is 32.2. The molecular formula is C15H18N4O4S. The van der Waals surface area contributed by atoms with Crippen LogP contribution in [-0.2, 0) is 16.4 Å². The van der Waals surface area contributed by atoms with Gasteiger partial charge in [0.2, 0.25) is 5.56 Å². The zero-order chi connectivity index (χ0) is 17.3. The first-order valence-electron chi connectivity index (χ1n) is 7.62. The number of rotatable bonds is 3. The Balaban J connectivity index is 1.95. The van der Waals surface area contributed by atoms with Gasteiger partial charge in [0.15, 0.2) is 9.84 Å². The van der Waals surface area contributed by atoms with Crippen LogP contribution in [0.4, 0.5) is 0 Å². The molecule has 0 bridgehead atoms. The number of nitrogens with zero attached hydrogens (tertiary/aromatic N) is 3. The smallest absolute Gasteiger partial charge is 0.255 e. The minimum Gasteiger partial charge on any atom is -0.329 e. The van der Waals surface area contributed by atoms with Crippen molar-refractivity contribution in [3.05, 3.63) is 52.2 Å². The molecule has 9 heteroatoms. The number of hydrogen-bond donors (Lipinski definition) is 1. The number of pyridine rings is 1. The molecule has 2 aromatic heterocycles. The molecule has 0 radical (unpaired) electrons. The summed E-state index contributed by atoms with van der Waals surface area (Å²) in [5.74, 6) is -0.506. The summed E-state index contributed by atoms with van der Waals surface area (Å²) in [5.41, 5.74) is 0.716. The fourth-order valence-corrected chi connectivity index (χ4v) is 4.26. The van der Waals surface area contributed by atoms with Crippen LogP contribution in [0.5, 0.6) is 0 Å². The molecule has 3 heterocycles. The Bertz CT molecular complexity index is 895. The van der Waals surface area contributed by atoms with Gasteiger partial charge in [0.05, 0.1) is 29.3 Å². The zero-order valence-corrected chi connectivity index (χ0v) is 14.0. The Kier molecular flexibility index (Phi) is 4.27. The second kappa shape index (κ2) is 6.23. The van der Waals surface area contributed by atoms with Gasteiger partial charge in [-0.15, -0.1) is 0 Å². The van der Waals surface area contributed by atoms with E-state index in [-0.39, 0.29) is 29.5 Å². The number of sulfone groups is 1. The third-order valence-electron chi connectivity index (χ3n) is 4.09. The van der Waals surface area contributed by atoms with E-state index in [4.69, 9.17) is 0 Å². The molecule has 0 spiro atoms. The van der Waals surface area contributed by atoms with E-state index in [0.717, 1.165) is 0 Å². The second-order valence-corrected chi connectivity index (χ2v) is 7.93. The van der Waals surface area contributed by atoms with Crippen LogP contribution in [0.2, 0.25) is 0 Å². The summed E-state index contributed by atoms with van der Waals surface area (Å²) < 4.78 is 25.8. The van der Waals surface area contributed by atoms with E-state index in [2.05, 4.69) is 10.1 Å². The quantitative estimate of drug-likeness (QED) is 0.851. The minimum atomic E-state index is -3.22. The standard InChI is InChI=1S/C15H18N4O4S/c1-2-18-9-12(8-17-18)13-10-24(22,23)6-5-19(13)15(21)11-3-4-14(20)16-7-11/h3-4,7-9,13H,2,5-6,10H2,1H3,(H,16,20). The number of carbonyl (C=O) groups is 1. The van der Waals surface area contributed by atoms with Crippen LogP contribution in [0, 0.1) is 0 Å². The van der Waals surface area contributed by atoms with Crippen LogP contribution in [0.1, 0.15) is 28.9 Å². The van der Waals surface area contributed by atoms with E-state index < -0.39 is 15.9 Å². The van der Waals surface area contributed by atoms with Gasteiger partial charge in [0.1, 0.15) is 0 Å². The molecular weight excluding hydrogens is 332 g/mol. The summed E-state index contributed by atoms with van der Waals surface area (Å²) in [5, 5.41) is 4.17. The number of H-pyrrole nitrogens is 1. The van der Waals surface area contributed by atoms with Crippen molar-refractivity contribution in [3.8, 4) is 0 Å². The molecule has 1 unspecified atom stereocenters. The number of aromatic amines is 1. The van der Waals surface area contributed by atoms with E-state index in [1.165, 1.54) is 23.2 Å². The van der Waals surface area contributed by atoms with Gasteiger partial charge in [-0.2, -0.15) is 5.10 Å². The van der Waals surface area contributed by atoms with Crippen LogP contribution in [0.15, 0.2) is 35.5 Å². The fraction of sp³-hybridized carbons (Fsp3) is 0.400. The maximum absolute atomic E-state index is 12.8. The van der Waals surface area contributed by atoms with Gasteiger partial charge in [0, 0.05) is 37.1 Å². The molecule has 1 aliphatic rings. The highest BCUT2D eigenvalue weighted by molar-refractivity contribution is 7.91. The van der Waals surface area contributed by atoms with Gasteiger partial charge >= 0.3 is 0 Å². The molecule has 0 saturated carbocycles. The summed E-state index contributed by atoms with van der Waals surface area (Å²) in [4.78, 5) is 27.9. The second-order valence-electron chi connectivity index (χ2n) is 5.70. The number of aryl methyl sites for hydroxylation is 1. The average Bonchev–Trinajstić information content (AvgIpc) is 3.03. The molecule has 128 valence electrons.